The van der Waals surface area contributed by atoms with Crippen LogP contribution in [-0.4, -0.2) is 11.7 Å². The van der Waals surface area contributed by atoms with Gasteiger partial charge in [0.05, 0.1) is 5.56 Å². The Balaban J connectivity index is 1.18. The molecule has 0 saturated carbocycles. The maximum absolute atomic E-state index is 6.63. The summed E-state index contributed by atoms with van der Waals surface area (Å²) in [6, 6.07) is 61.2. The van der Waals surface area contributed by atoms with E-state index in [-0.39, 0.29) is 6.17 Å². The van der Waals surface area contributed by atoms with Crippen LogP contribution in [0.3, 0.4) is 0 Å². The van der Waals surface area contributed by atoms with Crippen molar-refractivity contribution in [2.24, 2.45) is 9.98 Å². The number of nitrogens with one attached hydrogen (secondary N) is 1. The number of rotatable bonds is 6. The Kier molecular flexibility index (Phi) is 7.17. The molecule has 4 heteroatoms. The molecule has 7 aromatic carbocycles. The fraction of sp³-hybridized carbons (Fsp3) is 0.0222. The van der Waals surface area contributed by atoms with Gasteiger partial charge in [-0.3, -0.25) is 0 Å². The molecule has 232 valence electrons. The van der Waals surface area contributed by atoms with E-state index in [0.29, 0.717) is 5.84 Å². The summed E-state index contributed by atoms with van der Waals surface area (Å²) in [5.41, 5.74) is 11.6. The molecule has 0 aliphatic carbocycles. The first-order chi connectivity index (χ1) is 24.3. The van der Waals surface area contributed by atoms with Crippen LogP contribution in [0.1, 0.15) is 22.9 Å². The first-order valence-corrected chi connectivity index (χ1v) is 16.5. The molecule has 0 radical (unpaired) electrons. The van der Waals surface area contributed by atoms with Gasteiger partial charge >= 0.3 is 0 Å². The largest absolute Gasteiger partial charge is 0.455 e. The molecule has 0 fully saturated rings. The van der Waals surface area contributed by atoms with E-state index in [2.05, 4.69) is 145 Å². The molecule has 1 aliphatic rings. The van der Waals surface area contributed by atoms with Crippen LogP contribution in [0.25, 0.3) is 55.3 Å². The summed E-state index contributed by atoms with van der Waals surface area (Å²) >= 11 is 0. The molecule has 49 heavy (non-hydrogen) atoms. The van der Waals surface area contributed by atoms with Gasteiger partial charge in [0, 0.05) is 16.3 Å². The second kappa shape index (κ2) is 12.3. The zero-order chi connectivity index (χ0) is 32.6. The Bertz CT molecular complexity index is 2440. The molecule has 1 unspecified atom stereocenters. The molecule has 0 amide bonds. The third kappa shape index (κ3) is 5.49. The molecule has 0 bridgehead atoms. The first kappa shape index (κ1) is 28.7. The molecule has 1 aromatic heterocycles. The molecule has 0 saturated heterocycles. The zero-order valence-corrected chi connectivity index (χ0v) is 26.6. The molecule has 1 N–H and O–H groups in total. The summed E-state index contributed by atoms with van der Waals surface area (Å²) in [6.07, 6.45) is -0.286. The van der Waals surface area contributed by atoms with Crippen molar-refractivity contribution in [2.45, 2.75) is 6.17 Å². The van der Waals surface area contributed by atoms with E-state index < -0.39 is 0 Å². The molecular weight excluding hydrogens is 599 g/mol. The third-order valence-corrected chi connectivity index (χ3v) is 9.12. The monoisotopic (exact) mass is 629 g/mol. The van der Waals surface area contributed by atoms with Crippen LogP contribution in [0, 0.1) is 0 Å². The lowest BCUT2D eigenvalue weighted by molar-refractivity contribution is 0.663. The van der Waals surface area contributed by atoms with Crippen LogP contribution in [0.2, 0.25) is 0 Å². The molecule has 9 rings (SSSR count). The van der Waals surface area contributed by atoms with E-state index in [4.69, 9.17) is 14.4 Å². The van der Waals surface area contributed by atoms with Crippen molar-refractivity contribution in [3.63, 3.8) is 0 Å². The number of nitrogens with zero attached hydrogens (tertiary/aromatic N) is 2. The van der Waals surface area contributed by atoms with Gasteiger partial charge < -0.3 is 9.73 Å². The van der Waals surface area contributed by atoms with Gasteiger partial charge in [-0.1, -0.05) is 140 Å². The van der Waals surface area contributed by atoms with Crippen LogP contribution in [-0.2, 0) is 0 Å². The lowest BCUT2D eigenvalue weighted by Gasteiger charge is -2.23. The predicted octanol–water partition coefficient (Wildman–Crippen LogP) is 11.1. The highest BCUT2D eigenvalue weighted by Crippen LogP contribution is 2.38. The Morgan fingerprint density at radius 3 is 1.65 bits per heavy atom. The summed E-state index contributed by atoms with van der Waals surface area (Å²) in [5, 5.41) is 5.64. The van der Waals surface area contributed by atoms with Gasteiger partial charge in [0.15, 0.2) is 5.84 Å². The quantitative estimate of drug-likeness (QED) is 0.199. The van der Waals surface area contributed by atoms with Gasteiger partial charge in [-0.25, -0.2) is 9.98 Å². The van der Waals surface area contributed by atoms with Crippen LogP contribution < -0.4 is 5.32 Å². The van der Waals surface area contributed by atoms with Crippen molar-refractivity contribution in [1.29, 1.82) is 0 Å². The van der Waals surface area contributed by atoms with Crippen LogP contribution in [0.5, 0.6) is 0 Å². The topological polar surface area (TPSA) is 49.9 Å². The minimum atomic E-state index is -0.286. The van der Waals surface area contributed by atoms with E-state index in [1.165, 1.54) is 22.3 Å². The molecule has 1 aliphatic heterocycles. The highest BCUT2D eigenvalue weighted by molar-refractivity contribution is 6.19. The maximum Gasteiger partial charge on any atom is 0.163 e. The third-order valence-electron chi connectivity index (χ3n) is 9.12. The van der Waals surface area contributed by atoms with Crippen molar-refractivity contribution in [3.05, 3.63) is 193 Å². The number of amidine groups is 2. The van der Waals surface area contributed by atoms with Crippen molar-refractivity contribution in [3.8, 4) is 33.4 Å². The maximum atomic E-state index is 6.63. The van der Waals surface area contributed by atoms with E-state index in [9.17, 15) is 0 Å². The lowest BCUT2D eigenvalue weighted by atomic mass is 9.93. The van der Waals surface area contributed by atoms with Crippen molar-refractivity contribution in [2.75, 3.05) is 0 Å². The average Bonchev–Trinajstić information content (AvgIpc) is 3.57. The van der Waals surface area contributed by atoms with E-state index in [0.717, 1.165) is 55.6 Å². The minimum Gasteiger partial charge on any atom is -0.455 e. The van der Waals surface area contributed by atoms with Gasteiger partial charge in [0.1, 0.15) is 23.2 Å². The Morgan fingerprint density at radius 2 is 1.02 bits per heavy atom. The van der Waals surface area contributed by atoms with E-state index >= 15 is 0 Å². The SMILES string of the molecule is c1ccc(C2=NC(c3cccc4c3oc3ccc(-c5cc(-c6ccccc6)cc(-c6ccccc6)c5)cc34)=NC(c3ccccc3)N2)cc1. The first-order valence-electron chi connectivity index (χ1n) is 16.5. The smallest absolute Gasteiger partial charge is 0.163 e. The average molecular weight is 630 g/mol. The molecule has 4 nitrogen and oxygen atoms in total. The number of fused-ring (bicyclic) bond motifs is 3. The Hall–Kier alpha value is -6.52. The summed E-state index contributed by atoms with van der Waals surface area (Å²) < 4.78 is 6.63. The number of hydrogen-bond acceptors (Lipinski definition) is 4. The fourth-order valence-corrected chi connectivity index (χ4v) is 6.66. The lowest BCUT2D eigenvalue weighted by Crippen LogP contribution is -2.33. The Labute approximate surface area is 284 Å². The molecule has 1 atom stereocenters. The number of aliphatic imine (C=N–C) groups is 2. The number of benzene rings is 7. The summed E-state index contributed by atoms with van der Waals surface area (Å²) in [5.74, 6) is 1.42. The van der Waals surface area contributed by atoms with Crippen LogP contribution in [0.4, 0.5) is 0 Å². The second-order valence-corrected chi connectivity index (χ2v) is 12.3. The van der Waals surface area contributed by atoms with Crippen LogP contribution in [0.15, 0.2) is 190 Å². The molecule has 8 aromatic rings. The molecular formula is C45H31N3O. The minimum absolute atomic E-state index is 0.286. The van der Waals surface area contributed by atoms with Gasteiger partial charge in [-0.05, 0) is 75.3 Å². The van der Waals surface area contributed by atoms with Crippen molar-refractivity contribution in [1.82, 2.24) is 5.32 Å². The number of para-hydroxylation sites is 1. The highest BCUT2D eigenvalue weighted by Gasteiger charge is 2.23. The van der Waals surface area contributed by atoms with Gasteiger partial charge in [0.25, 0.3) is 0 Å². The number of furan rings is 1. The van der Waals surface area contributed by atoms with Crippen molar-refractivity contribution >= 4 is 33.6 Å². The summed E-state index contributed by atoms with van der Waals surface area (Å²) in [6.45, 7) is 0. The number of hydrogen-bond donors (Lipinski definition) is 1. The normalized spacial score (nSPS) is 14.3. The van der Waals surface area contributed by atoms with Gasteiger partial charge in [-0.15, -0.1) is 0 Å². The fourth-order valence-electron chi connectivity index (χ4n) is 6.66. The van der Waals surface area contributed by atoms with E-state index in [1.54, 1.807) is 0 Å². The zero-order valence-electron chi connectivity index (χ0n) is 26.6. The van der Waals surface area contributed by atoms with E-state index in [1.807, 2.05) is 36.4 Å². The second-order valence-electron chi connectivity index (χ2n) is 12.3. The summed E-state index contributed by atoms with van der Waals surface area (Å²) in [7, 11) is 0. The highest BCUT2D eigenvalue weighted by atomic mass is 16.3. The van der Waals surface area contributed by atoms with Crippen molar-refractivity contribution < 1.29 is 4.42 Å². The Morgan fingerprint density at radius 1 is 0.449 bits per heavy atom. The molecule has 2 heterocycles. The van der Waals surface area contributed by atoms with Gasteiger partial charge in [0.2, 0.25) is 0 Å². The van der Waals surface area contributed by atoms with Gasteiger partial charge in [-0.2, -0.15) is 0 Å². The molecule has 0 spiro atoms. The summed E-state index contributed by atoms with van der Waals surface area (Å²) in [4.78, 5) is 10.2. The van der Waals surface area contributed by atoms with Crippen LogP contribution >= 0.6 is 0 Å². The standard InChI is InChI=1S/C45H31N3O/c1-5-14-30(15-6-1)35-26-36(31-16-7-2-8-17-31)28-37(27-35)34-24-25-41-40(29-34)38-22-13-23-39(42(38)49-41)45-47-43(32-18-9-3-10-19-32)46-44(48-45)33-20-11-4-12-21-33/h1-29,43H,(H,46,47,48). The predicted molar refractivity (Wildman–Crippen MR) is 202 cm³/mol.